The van der Waals surface area contributed by atoms with Crippen LogP contribution in [-0.2, 0) is 17.9 Å². The average molecular weight is 321 g/mol. The molecule has 0 aliphatic heterocycles. The first-order chi connectivity index (χ1) is 10.6. The van der Waals surface area contributed by atoms with Crippen molar-refractivity contribution in [3.8, 4) is 0 Å². The molecule has 22 heavy (non-hydrogen) atoms. The van der Waals surface area contributed by atoms with Crippen molar-refractivity contribution >= 4 is 21.7 Å². The maximum Gasteiger partial charge on any atom is 0.264 e. The third kappa shape index (κ3) is 3.08. The van der Waals surface area contributed by atoms with Crippen LogP contribution in [0, 0.1) is 6.92 Å². The van der Waals surface area contributed by atoms with Crippen LogP contribution < -0.4 is 5.56 Å². The van der Waals surface area contributed by atoms with E-state index in [4.69, 9.17) is 9.15 Å². The summed E-state index contributed by atoms with van der Waals surface area (Å²) in [7, 11) is 0. The quantitative estimate of drug-likeness (QED) is 0.736. The lowest BCUT2D eigenvalue weighted by atomic mass is 10.3. The van der Waals surface area contributed by atoms with Crippen LogP contribution in [0.5, 0.6) is 0 Å². The molecule has 3 heterocycles. The number of aliphatic hydroxyl groups is 1. The largest absolute Gasteiger partial charge is 0.467 e. The molecular formula is C14H15N3O4S. The van der Waals surface area contributed by atoms with Gasteiger partial charge in [-0.3, -0.25) is 9.36 Å². The summed E-state index contributed by atoms with van der Waals surface area (Å²) < 4.78 is 16.0. The van der Waals surface area contributed by atoms with E-state index in [-0.39, 0.29) is 25.3 Å². The summed E-state index contributed by atoms with van der Waals surface area (Å²) in [6.07, 6.45) is 2.18. The molecule has 0 saturated heterocycles. The zero-order chi connectivity index (χ0) is 15.5. The molecule has 116 valence electrons. The van der Waals surface area contributed by atoms with Crippen LogP contribution in [0.4, 0.5) is 0 Å². The van der Waals surface area contributed by atoms with Gasteiger partial charge < -0.3 is 14.3 Å². The molecule has 0 spiro atoms. The van der Waals surface area contributed by atoms with Crippen molar-refractivity contribution in [1.82, 2.24) is 13.9 Å². The Morgan fingerprint density at radius 1 is 1.55 bits per heavy atom. The van der Waals surface area contributed by atoms with Crippen LogP contribution in [0.1, 0.15) is 11.5 Å². The normalized spacial score (nSPS) is 12.8. The van der Waals surface area contributed by atoms with E-state index in [1.807, 2.05) is 0 Å². The molecule has 0 fully saturated rings. The Bertz CT molecular complexity index is 809. The van der Waals surface area contributed by atoms with Gasteiger partial charge >= 0.3 is 0 Å². The first kappa shape index (κ1) is 14.9. The van der Waals surface area contributed by atoms with Crippen LogP contribution >= 0.6 is 11.5 Å². The summed E-state index contributed by atoms with van der Waals surface area (Å²) in [6, 6.07) is 3.56. The number of hydrogen-bond acceptors (Lipinski definition) is 7. The lowest BCUT2D eigenvalue weighted by Gasteiger charge is -2.12. The van der Waals surface area contributed by atoms with Crippen molar-refractivity contribution in [2.45, 2.75) is 26.2 Å². The van der Waals surface area contributed by atoms with Crippen LogP contribution in [-0.4, -0.2) is 31.7 Å². The van der Waals surface area contributed by atoms with Gasteiger partial charge in [0.25, 0.3) is 5.56 Å². The topological polar surface area (TPSA) is 90.4 Å². The van der Waals surface area contributed by atoms with Gasteiger partial charge in [0.1, 0.15) is 12.4 Å². The minimum absolute atomic E-state index is 0.103. The number of hydrogen-bond donors (Lipinski definition) is 1. The van der Waals surface area contributed by atoms with Crippen molar-refractivity contribution in [2.75, 3.05) is 6.61 Å². The monoisotopic (exact) mass is 321 g/mol. The average Bonchev–Trinajstić information content (AvgIpc) is 3.12. The fraction of sp³-hybridized carbons (Fsp3) is 0.357. The second-order valence-corrected chi connectivity index (χ2v) is 5.65. The van der Waals surface area contributed by atoms with Crippen LogP contribution in [0.3, 0.4) is 0 Å². The van der Waals surface area contributed by atoms with Crippen LogP contribution in [0.15, 0.2) is 33.9 Å². The molecule has 3 aromatic rings. The second-order valence-electron chi connectivity index (χ2n) is 4.90. The number of aryl methyl sites for hydroxylation is 1. The van der Waals surface area contributed by atoms with Crippen molar-refractivity contribution in [3.05, 3.63) is 46.5 Å². The molecule has 0 bridgehead atoms. The molecule has 0 radical (unpaired) electrons. The first-order valence-corrected chi connectivity index (χ1v) is 7.52. The minimum Gasteiger partial charge on any atom is -0.467 e. The van der Waals surface area contributed by atoms with E-state index in [1.54, 1.807) is 25.3 Å². The third-order valence-corrected chi connectivity index (χ3v) is 4.02. The van der Waals surface area contributed by atoms with Gasteiger partial charge in [-0.1, -0.05) is 0 Å². The van der Waals surface area contributed by atoms with Gasteiger partial charge in [-0.15, -0.1) is 0 Å². The number of fused-ring (bicyclic) bond motifs is 1. The summed E-state index contributed by atoms with van der Waals surface area (Å²) in [4.78, 5) is 17.1. The Labute approximate surface area is 130 Å². The van der Waals surface area contributed by atoms with Crippen molar-refractivity contribution in [1.29, 1.82) is 0 Å². The lowest BCUT2D eigenvalue weighted by Crippen LogP contribution is -2.29. The summed E-state index contributed by atoms with van der Waals surface area (Å²) in [6.45, 7) is 2.28. The minimum atomic E-state index is -0.807. The van der Waals surface area contributed by atoms with Crippen molar-refractivity contribution in [3.63, 3.8) is 0 Å². The Kier molecular flexibility index (Phi) is 4.32. The van der Waals surface area contributed by atoms with E-state index >= 15 is 0 Å². The summed E-state index contributed by atoms with van der Waals surface area (Å²) >= 11 is 1.20. The van der Waals surface area contributed by atoms with E-state index in [9.17, 15) is 9.90 Å². The summed E-state index contributed by atoms with van der Waals surface area (Å²) in [5, 5.41) is 10.5. The maximum atomic E-state index is 12.3. The summed E-state index contributed by atoms with van der Waals surface area (Å²) in [5.74, 6) is 0.687. The Morgan fingerprint density at radius 2 is 2.41 bits per heavy atom. The maximum absolute atomic E-state index is 12.3. The van der Waals surface area contributed by atoms with Gasteiger partial charge in [-0.25, -0.2) is 4.98 Å². The van der Waals surface area contributed by atoms with E-state index < -0.39 is 6.10 Å². The molecule has 0 aromatic carbocycles. The van der Waals surface area contributed by atoms with E-state index in [0.717, 1.165) is 0 Å². The zero-order valence-electron chi connectivity index (χ0n) is 11.9. The molecule has 7 nitrogen and oxygen atoms in total. The van der Waals surface area contributed by atoms with Gasteiger partial charge in [0.2, 0.25) is 0 Å². The number of aliphatic hydroxyl groups excluding tert-OH is 1. The molecule has 1 N–H and O–H groups in total. The Morgan fingerprint density at radius 3 is 3.18 bits per heavy atom. The number of ether oxygens (including phenoxy) is 1. The molecule has 0 aliphatic rings. The number of rotatable bonds is 6. The second kappa shape index (κ2) is 6.39. The van der Waals surface area contributed by atoms with Gasteiger partial charge in [0.05, 0.1) is 42.9 Å². The molecule has 0 aliphatic carbocycles. The van der Waals surface area contributed by atoms with Crippen LogP contribution in [0.2, 0.25) is 0 Å². The van der Waals surface area contributed by atoms with E-state index in [2.05, 4.69) is 9.36 Å². The molecule has 8 heteroatoms. The van der Waals surface area contributed by atoms with Gasteiger partial charge in [-0.2, -0.15) is 4.37 Å². The highest BCUT2D eigenvalue weighted by Crippen LogP contribution is 2.15. The SMILES string of the molecule is Cc1nsc2ncn(C[C@@H](O)COCc3ccco3)c(=O)c12. The molecule has 1 atom stereocenters. The Balaban J connectivity index is 1.63. The lowest BCUT2D eigenvalue weighted by molar-refractivity contribution is 0.0142. The summed E-state index contributed by atoms with van der Waals surface area (Å²) in [5.41, 5.74) is 0.469. The predicted molar refractivity (Wildman–Crippen MR) is 80.8 cm³/mol. The smallest absolute Gasteiger partial charge is 0.264 e. The Hall–Kier alpha value is -2.03. The molecule has 0 amide bonds. The number of aromatic nitrogens is 3. The van der Waals surface area contributed by atoms with Crippen molar-refractivity contribution < 1.29 is 14.3 Å². The highest BCUT2D eigenvalue weighted by Gasteiger charge is 2.13. The number of furan rings is 1. The molecular weight excluding hydrogens is 306 g/mol. The fourth-order valence-corrected chi connectivity index (χ4v) is 2.85. The van der Waals surface area contributed by atoms with Crippen molar-refractivity contribution in [2.24, 2.45) is 0 Å². The first-order valence-electron chi connectivity index (χ1n) is 6.75. The molecule has 3 rings (SSSR count). The van der Waals surface area contributed by atoms with Gasteiger partial charge in [-0.05, 0) is 30.6 Å². The van der Waals surface area contributed by atoms with E-state index in [1.165, 1.54) is 22.4 Å². The molecule has 3 aromatic heterocycles. The zero-order valence-corrected chi connectivity index (χ0v) is 12.7. The highest BCUT2D eigenvalue weighted by molar-refractivity contribution is 7.12. The standard InChI is InChI=1S/C14H15N3O4S/c1-9-12-13(22-16-9)15-8-17(14(12)19)5-10(18)6-20-7-11-3-2-4-21-11/h2-4,8,10,18H,5-7H2,1H3/t10-/m1/s1. The predicted octanol–water partition coefficient (Wildman–Crippen LogP) is 1.33. The molecule has 0 saturated carbocycles. The fourth-order valence-electron chi connectivity index (χ4n) is 2.11. The number of nitrogens with zero attached hydrogens (tertiary/aromatic N) is 3. The highest BCUT2D eigenvalue weighted by atomic mass is 32.1. The van der Waals surface area contributed by atoms with Gasteiger partial charge in [0, 0.05) is 0 Å². The van der Waals surface area contributed by atoms with E-state index in [0.29, 0.717) is 21.7 Å². The van der Waals surface area contributed by atoms with Gasteiger partial charge in [0.15, 0.2) is 4.83 Å². The third-order valence-electron chi connectivity index (χ3n) is 3.18. The van der Waals surface area contributed by atoms with Crippen LogP contribution in [0.25, 0.3) is 10.2 Å². The molecule has 0 unspecified atom stereocenters.